The molecule has 2 aromatic rings. The maximum Gasteiger partial charge on any atom is 0.223 e. The summed E-state index contributed by atoms with van der Waals surface area (Å²) < 4.78 is 14.4. The van der Waals surface area contributed by atoms with Crippen LogP contribution >= 0.6 is 0 Å². The molecule has 1 fully saturated rings. The van der Waals surface area contributed by atoms with Crippen molar-refractivity contribution in [2.75, 3.05) is 5.32 Å². The zero-order valence-corrected chi connectivity index (χ0v) is 9.44. The summed E-state index contributed by atoms with van der Waals surface area (Å²) in [7, 11) is 0. The van der Waals surface area contributed by atoms with Crippen LogP contribution in [0.4, 0.5) is 10.3 Å². The highest BCUT2D eigenvalue weighted by molar-refractivity contribution is 5.28. The van der Waals surface area contributed by atoms with Gasteiger partial charge in [-0.15, -0.1) is 0 Å². The first kappa shape index (κ1) is 11.1. The van der Waals surface area contributed by atoms with Crippen LogP contribution in [-0.4, -0.2) is 37.0 Å². The second-order valence-electron chi connectivity index (χ2n) is 4.26. The Kier molecular flexibility index (Phi) is 2.67. The van der Waals surface area contributed by atoms with Crippen molar-refractivity contribution >= 4 is 5.95 Å². The largest absolute Gasteiger partial charge is 0.391 e. The van der Waals surface area contributed by atoms with Gasteiger partial charge in [-0.2, -0.15) is 5.10 Å². The molecule has 0 spiro atoms. The molecule has 2 heterocycles. The van der Waals surface area contributed by atoms with Crippen LogP contribution in [0.25, 0.3) is 0 Å². The molecule has 3 atom stereocenters. The first-order valence-electron chi connectivity index (χ1n) is 5.65. The number of aliphatic hydroxyl groups excluding tert-OH is 1. The number of aliphatic hydroxyl groups is 1. The Labute approximate surface area is 102 Å². The number of halogens is 1. The summed E-state index contributed by atoms with van der Waals surface area (Å²) in [5.41, 5.74) is 0. The van der Waals surface area contributed by atoms with E-state index in [1.807, 2.05) is 0 Å². The van der Waals surface area contributed by atoms with Crippen molar-refractivity contribution in [1.82, 2.24) is 19.7 Å². The minimum atomic E-state index is -0.474. The molecule has 1 aliphatic rings. The van der Waals surface area contributed by atoms with Crippen LogP contribution in [0.15, 0.2) is 30.9 Å². The van der Waals surface area contributed by atoms with Crippen LogP contribution in [0.5, 0.6) is 0 Å². The molecule has 1 saturated carbocycles. The molecule has 0 aliphatic heterocycles. The van der Waals surface area contributed by atoms with E-state index in [4.69, 9.17) is 0 Å². The molecule has 2 aromatic heterocycles. The van der Waals surface area contributed by atoms with E-state index in [-0.39, 0.29) is 12.1 Å². The predicted octanol–water partition coefficient (Wildman–Crippen LogP) is 0.599. The average molecular weight is 249 g/mol. The van der Waals surface area contributed by atoms with Gasteiger partial charge in [-0.3, -0.25) is 4.68 Å². The van der Waals surface area contributed by atoms with Gasteiger partial charge in [0.2, 0.25) is 5.95 Å². The number of nitrogens with zero attached hydrogens (tertiary/aromatic N) is 4. The average Bonchev–Trinajstić information content (AvgIpc) is 2.84. The molecule has 6 nitrogen and oxygen atoms in total. The Bertz CT molecular complexity index is 515. The third-order valence-corrected chi connectivity index (χ3v) is 3.07. The quantitative estimate of drug-likeness (QED) is 0.833. The smallest absolute Gasteiger partial charge is 0.223 e. The molecule has 0 unspecified atom stereocenters. The van der Waals surface area contributed by atoms with Gasteiger partial charge in [-0.05, 0) is 12.5 Å². The van der Waals surface area contributed by atoms with Crippen LogP contribution in [0.2, 0.25) is 0 Å². The van der Waals surface area contributed by atoms with Crippen LogP contribution < -0.4 is 5.32 Å². The van der Waals surface area contributed by atoms with Crippen molar-refractivity contribution < 1.29 is 9.50 Å². The molecule has 94 valence electrons. The van der Waals surface area contributed by atoms with Crippen molar-refractivity contribution in [2.45, 2.75) is 24.6 Å². The molecule has 1 aliphatic carbocycles. The van der Waals surface area contributed by atoms with E-state index in [0.29, 0.717) is 12.4 Å². The maximum atomic E-state index is 12.7. The summed E-state index contributed by atoms with van der Waals surface area (Å²) in [6, 6.07) is 1.65. The number of aromatic nitrogens is 4. The fraction of sp³-hybridized carbons (Fsp3) is 0.364. The minimum absolute atomic E-state index is 0.00892. The van der Waals surface area contributed by atoms with E-state index >= 15 is 0 Å². The lowest BCUT2D eigenvalue weighted by Gasteiger charge is -2.41. The highest BCUT2D eigenvalue weighted by Crippen LogP contribution is 2.33. The number of nitrogens with one attached hydrogen (secondary N) is 1. The van der Waals surface area contributed by atoms with Gasteiger partial charge in [0.05, 0.1) is 30.6 Å². The molecule has 7 heteroatoms. The van der Waals surface area contributed by atoms with Crippen LogP contribution in [-0.2, 0) is 0 Å². The molecule has 0 radical (unpaired) electrons. The normalized spacial score (nSPS) is 26.7. The fourth-order valence-electron chi connectivity index (χ4n) is 2.13. The molecular weight excluding hydrogens is 237 g/mol. The van der Waals surface area contributed by atoms with Crippen molar-refractivity contribution in [2.24, 2.45) is 0 Å². The molecule has 0 saturated heterocycles. The lowest BCUT2D eigenvalue weighted by Crippen LogP contribution is -2.51. The Balaban J connectivity index is 1.72. The molecule has 0 bridgehead atoms. The minimum Gasteiger partial charge on any atom is -0.391 e. The topological polar surface area (TPSA) is 75.9 Å². The summed E-state index contributed by atoms with van der Waals surface area (Å²) in [5.74, 6) is -0.122. The number of rotatable bonds is 3. The monoisotopic (exact) mass is 249 g/mol. The number of hydrogen-bond acceptors (Lipinski definition) is 5. The van der Waals surface area contributed by atoms with Gasteiger partial charge in [0.1, 0.15) is 0 Å². The summed E-state index contributed by atoms with van der Waals surface area (Å²) in [6.45, 7) is 0. The Hall–Kier alpha value is -2.02. The van der Waals surface area contributed by atoms with E-state index in [0.717, 1.165) is 12.4 Å². The lowest BCUT2D eigenvalue weighted by atomic mass is 9.83. The van der Waals surface area contributed by atoms with Crippen molar-refractivity contribution in [3.8, 4) is 0 Å². The van der Waals surface area contributed by atoms with Gasteiger partial charge < -0.3 is 10.4 Å². The van der Waals surface area contributed by atoms with Gasteiger partial charge >= 0.3 is 0 Å². The van der Waals surface area contributed by atoms with Gasteiger partial charge in [0.25, 0.3) is 0 Å². The fourth-order valence-corrected chi connectivity index (χ4v) is 2.13. The molecule has 0 amide bonds. The third-order valence-electron chi connectivity index (χ3n) is 3.07. The summed E-state index contributed by atoms with van der Waals surface area (Å²) >= 11 is 0. The predicted molar refractivity (Wildman–Crippen MR) is 61.3 cm³/mol. The SMILES string of the molecule is O[C@@H]1C[C@H](Nc2ncc(F)cn2)[C@H]1n1cccn1. The molecule has 2 N–H and O–H groups in total. The standard InChI is InChI=1S/C11H12FN5O/c12-7-5-13-11(14-6-7)16-8-4-9(18)10(8)17-3-1-2-15-17/h1-3,5-6,8-10,18H,4H2,(H,13,14,16)/t8-,9+,10+/m0/s1. The van der Waals surface area contributed by atoms with Crippen molar-refractivity contribution in [3.63, 3.8) is 0 Å². The zero-order valence-electron chi connectivity index (χ0n) is 9.44. The van der Waals surface area contributed by atoms with E-state index in [9.17, 15) is 9.50 Å². The van der Waals surface area contributed by atoms with E-state index in [1.165, 1.54) is 0 Å². The summed E-state index contributed by atoms with van der Waals surface area (Å²) in [5, 5.41) is 16.9. The van der Waals surface area contributed by atoms with Crippen LogP contribution in [0, 0.1) is 5.82 Å². The van der Waals surface area contributed by atoms with E-state index in [2.05, 4.69) is 20.4 Å². The molecular formula is C11H12FN5O. The van der Waals surface area contributed by atoms with Crippen LogP contribution in [0.3, 0.4) is 0 Å². The first-order valence-corrected chi connectivity index (χ1v) is 5.65. The Morgan fingerprint density at radius 2 is 2.17 bits per heavy atom. The van der Waals surface area contributed by atoms with Crippen LogP contribution in [0.1, 0.15) is 12.5 Å². The van der Waals surface area contributed by atoms with Gasteiger partial charge in [-0.1, -0.05) is 0 Å². The van der Waals surface area contributed by atoms with E-state index in [1.54, 1.807) is 23.1 Å². The molecule has 0 aromatic carbocycles. The lowest BCUT2D eigenvalue weighted by molar-refractivity contribution is 0.0132. The van der Waals surface area contributed by atoms with Gasteiger partial charge in [0, 0.05) is 12.4 Å². The number of anilines is 1. The van der Waals surface area contributed by atoms with E-state index < -0.39 is 11.9 Å². The highest BCUT2D eigenvalue weighted by Gasteiger charge is 2.42. The maximum absolute atomic E-state index is 12.7. The molecule has 3 rings (SSSR count). The highest BCUT2D eigenvalue weighted by atomic mass is 19.1. The zero-order chi connectivity index (χ0) is 12.5. The molecule has 18 heavy (non-hydrogen) atoms. The van der Waals surface area contributed by atoms with Crippen molar-refractivity contribution in [1.29, 1.82) is 0 Å². The Morgan fingerprint density at radius 1 is 1.39 bits per heavy atom. The first-order chi connectivity index (χ1) is 8.74. The summed E-state index contributed by atoms with van der Waals surface area (Å²) in [4.78, 5) is 7.66. The summed E-state index contributed by atoms with van der Waals surface area (Å²) in [6.07, 6.45) is 5.82. The van der Waals surface area contributed by atoms with Gasteiger partial charge in [-0.25, -0.2) is 14.4 Å². The second-order valence-corrected chi connectivity index (χ2v) is 4.26. The van der Waals surface area contributed by atoms with Gasteiger partial charge in [0.15, 0.2) is 5.82 Å². The third kappa shape index (κ3) is 1.92. The Morgan fingerprint density at radius 3 is 2.78 bits per heavy atom. The number of hydrogen-bond donors (Lipinski definition) is 2. The second kappa shape index (κ2) is 4.34. The van der Waals surface area contributed by atoms with Crippen molar-refractivity contribution in [3.05, 3.63) is 36.7 Å².